The van der Waals surface area contributed by atoms with Crippen molar-refractivity contribution < 1.29 is 9.47 Å². The summed E-state index contributed by atoms with van der Waals surface area (Å²) in [5.41, 5.74) is 2.52. The number of rotatable bonds is 5. The normalized spacial score (nSPS) is 10.3. The van der Waals surface area contributed by atoms with Gasteiger partial charge in [0, 0.05) is 16.3 Å². The molecule has 5 nitrogen and oxygen atoms in total. The summed E-state index contributed by atoms with van der Waals surface area (Å²) in [7, 11) is 1.54. The van der Waals surface area contributed by atoms with Gasteiger partial charge in [0.2, 0.25) is 0 Å². The van der Waals surface area contributed by atoms with Gasteiger partial charge < -0.3 is 14.5 Å². The number of hydrogen-bond donors (Lipinski definition) is 1. The molecule has 0 saturated carbocycles. The quantitative estimate of drug-likeness (QED) is 0.708. The molecule has 0 aliphatic carbocycles. The molecule has 3 rings (SSSR count). The van der Waals surface area contributed by atoms with E-state index in [4.69, 9.17) is 21.1 Å². The molecule has 0 radical (unpaired) electrons. The van der Waals surface area contributed by atoms with Gasteiger partial charge in [0.15, 0.2) is 11.5 Å². The third-order valence-electron chi connectivity index (χ3n) is 4.04. The fourth-order valence-electron chi connectivity index (χ4n) is 2.77. The molecule has 1 N–H and O–H groups in total. The second kappa shape index (κ2) is 7.98. The maximum absolute atomic E-state index is 12.0. The molecular weight excluding hydrogens is 364 g/mol. The fraction of sp³-hybridized carbons (Fsp3) is 0.143. The van der Waals surface area contributed by atoms with E-state index in [2.05, 4.69) is 4.98 Å². The lowest BCUT2D eigenvalue weighted by atomic mass is 10.0. The summed E-state index contributed by atoms with van der Waals surface area (Å²) in [5.74, 6) is 1.07. The van der Waals surface area contributed by atoms with Crippen molar-refractivity contribution in [1.82, 2.24) is 4.98 Å². The number of halogens is 1. The van der Waals surface area contributed by atoms with Crippen molar-refractivity contribution in [2.24, 2.45) is 0 Å². The Morgan fingerprint density at radius 1 is 1.15 bits per heavy atom. The zero-order valence-electron chi connectivity index (χ0n) is 14.9. The van der Waals surface area contributed by atoms with Crippen LogP contribution in [-0.2, 0) is 6.61 Å². The third-order valence-corrected chi connectivity index (χ3v) is 4.27. The minimum absolute atomic E-state index is 0.0650. The molecule has 0 unspecified atom stereocenters. The van der Waals surface area contributed by atoms with Gasteiger partial charge in [-0.3, -0.25) is 4.79 Å². The minimum atomic E-state index is -0.409. The average Bonchev–Trinajstić information content (AvgIpc) is 2.65. The second-order valence-corrected chi connectivity index (χ2v) is 6.40. The number of hydrogen-bond acceptors (Lipinski definition) is 4. The summed E-state index contributed by atoms with van der Waals surface area (Å²) in [6.07, 6.45) is 0. The van der Waals surface area contributed by atoms with E-state index in [1.165, 1.54) is 0 Å². The molecule has 1 heterocycles. The van der Waals surface area contributed by atoms with Gasteiger partial charge in [-0.05, 0) is 48.4 Å². The smallest absolute Gasteiger partial charge is 0.266 e. The zero-order chi connectivity index (χ0) is 19.4. The first-order valence-electron chi connectivity index (χ1n) is 8.21. The summed E-state index contributed by atoms with van der Waals surface area (Å²) in [6.45, 7) is 2.11. The molecule has 6 heteroatoms. The molecule has 27 heavy (non-hydrogen) atoms. The van der Waals surface area contributed by atoms with Gasteiger partial charge in [-0.15, -0.1) is 0 Å². The van der Waals surface area contributed by atoms with Crippen molar-refractivity contribution in [3.05, 3.63) is 80.7 Å². The Hall–Kier alpha value is -3.23. The van der Waals surface area contributed by atoms with E-state index in [-0.39, 0.29) is 5.56 Å². The minimum Gasteiger partial charge on any atom is -0.493 e. The van der Waals surface area contributed by atoms with Crippen LogP contribution in [0.2, 0.25) is 5.02 Å². The molecule has 0 spiro atoms. The highest BCUT2D eigenvalue weighted by atomic mass is 35.5. The summed E-state index contributed by atoms with van der Waals surface area (Å²) >= 11 is 5.99. The van der Waals surface area contributed by atoms with Crippen LogP contribution in [0.4, 0.5) is 0 Å². The molecule has 0 bridgehead atoms. The Kier molecular flexibility index (Phi) is 5.49. The lowest BCUT2D eigenvalue weighted by molar-refractivity contribution is 0.284. The first kappa shape index (κ1) is 18.6. The van der Waals surface area contributed by atoms with Crippen molar-refractivity contribution in [3.8, 4) is 28.7 Å². The van der Waals surface area contributed by atoms with Crippen molar-refractivity contribution in [1.29, 1.82) is 5.26 Å². The first-order chi connectivity index (χ1) is 13.0. The number of H-pyrrole nitrogens is 1. The Morgan fingerprint density at radius 2 is 1.96 bits per heavy atom. The monoisotopic (exact) mass is 380 g/mol. The van der Waals surface area contributed by atoms with Crippen LogP contribution in [0, 0.1) is 18.3 Å². The third kappa shape index (κ3) is 4.13. The molecule has 0 fully saturated rings. The van der Waals surface area contributed by atoms with Crippen LogP contribution in [0.25, 0.3) is 11.1 Å². The molecule has 3 aromatic rings. The second-order valence-electron chi connectivity index (χ2n) is 5.97. The number of benzene rings is 2. The van der Waals surface area contributed by atoms with Crippen LogP contribution in [0.5, 0.6) is 11.5 Å². The summed E-state index contributed by atoms with van der Waals surface area (Å²) in [5, 5.41) is 9.97. The van der Waals surface area contributed by atoms with E-state index in [0.29, 0.717) is 39.9 Å². The van der Waals surface area contributed by atoms with E-state index >= 15 is 0 Å². The number of pyridine rings is 1. The molecule has 136 valence electrons. The van der Waals surface area contributed by atoms with E-state index in [1.54, 1.807) is 44.4 Å². The summed E-state index contributed by atoms with van der Waals surface area (Å²) < 4.78 is 11.3. The Labute approximate surface area is 161 Å². The average molecular weight is 381 g/mol. The SMILES string of the molecule is COc1cc(-c2cc(C)[nH]c(=O)c2C#N)ccc1OCc1cccc(Cl)c1. The van der Waals surface area contributed by atoms with Crippen LogP contribution >= 0.6 is 11.6 Å². The standard InChI is InChI=1S/C21H17ClN2O3/c1-13-8-17(18(11-23)21(25)24-13)15-6-7-19(20(10-15)26-2)27-12-14-4-3-5-16(22)9-14/h3-10H,12H2,1-2H3,(H,24,25). The number of nitrogens with one attached hydrogen (secondary N) is 1. The number of methoxy groups -OCH3 is 1. The number of aromatic nitrogens is 1. The van der Waals surface area contributed by atoms with Crippen LogP contribution in [0.1, 0.15) is 16.8 Å². The Morgan fingerprint density at radius 3 is 2.67 bits per heavy atom. The number of nitrogens with zero attached hydrogens (tertiary/aromatic N) is 1. The predicted octanol–water partition coefficient (Wildman–Crippen LogP) is 4.46. The molecule has 2 aromatic carbocycles. The highest BCUT2D eigenvalue weighted by Crippen LogP contribution is 2.34. The van der Waals surface area contributed by atoms with E-state index in [1.807, 2.05) is 24.3 Å². The maximum Gasteiger partial charge on any atom is 0.266 e. The van der Waals surface area contributed by atoms with Crippen LogP contribution < -0.4 is 15.0 Å². The Balaban J connectivity index is 1.94. The van der Waals surface area contributed by atoms with E-state index in [0.717, 1.165) is 5.56 Å². The fourth-order valence-corrected chi connectivity index (χ4v) is 2.98. The maximum atomic E-state index is 12.0. The summed E-state index contributed by atoms with van der Waals surface area (Å²) in [4.78, 5) is 14.7. The van der Waals surface area contributed by atoms with E-state index in [9.17, 15) is 10.1 Å². The number of nitriles is 1. The highest BCUT2D eigenvalue weighted by molar-refractivity contribution is 6.30. The molecule has 0 aliphatic heterocycles. The number of ether oxygens (including phenoxy) is 2. The molecule has 0 saturated heterocycles. The van der Waals surface area contributed by atoms with Gasteiger partial charge in [-0.25, -0.2) is 0 Å². The van der Waals surface area contributed by atoms with Gasteiger partial charge in [-0.1, -0.05) is 29.8 Å². The van der Waals surface area contributed by atoms with Crippen molar-refractivity contribution in [2.45, 2.75) is 13.5 Å². The topological polar surface area (TPSA) is 75.1 Å². The molecule has 0 amide bonds. The van der Waals surface area contributed by atoms with Crippen molar-refractivity contribution in [3.63, 3.8) is 0 Å². The number of aryl methyl sites for hydroxylation is 1. The lowest BCUT2D eigenvalue weighted by Gasteiger charge is -2.13. The van der Waals surface area contributed by atoms with Gasteiger partial charge in [0.1, 0.15) is 18.2 Å². The van der Waals surface area contributed by atoms with Crippen LogP contribution in [0.15, 0.2) is 53.3 Å². The number of aromatic amines is 1. The lowest BCUT2D eigenvalue weighted by Crippen LogP contribution is -2.12. The van der Waals surface area contributed by atoms with Gasteiger partial charge in [-0.2, -0.15) is 5.26 Å². The predicted molar refractivity (Wildman–Crippen MR) is 104 cm³/mol. The van der Waals surface area contributed by atoms with Crippen LogP contribution in [0.3, 0.4) is 0 Å². The van der Waals surface area contributed by atoms with Crippen molar-refractivity contribution >= 4 is 11.6 Å². The molecule has 1 aromatic heterocycles. The molecular formula is C21H17ClN2O3. The van der Waals surface area contributed by atoms with Gasteiger partial charge in [0.25, 0.3) is 5.56 Å². The van der Waals surface area contributed by atoms with Crippen LogP contribution in [-0.4, -0.2) is 12.1 Å². The molecule has 0 aliphatic rings. The summed E-state index contributed by atoms with van der Waals surface area (Å²) in [6, 6.07) is 16.5. The van der Waals surface area contributed by atoms with E-state index < -0.39 is 5.56 Å². The zero-order valence-corrected chi connectivity index (χ0v) is 15.6. The van der Waals surface area contributed by atoms with Gasteiger partial charge >= 0.3 is 0 Å². The molecule has 0 atom stereocenters. The van der Waals surface area contributed by atoms with Gasteiger partial charge in [0.05, 0.1) is 7.11 Å². The van der Waals surface area contributed by atoms with Crippen molar-refractivity contribution in [2.75, 3.05) is 7.11 Å². The first-order valence-corrected chi connectivity index (χ1v) is 8.59. The highest BCUT2D eigenvalue weighted by Gasteiger charge is 2.13. The largest absolute Gasteiger partial charge is 0.493 e. The Bertz CT molecular complexity index is 1080.